The van der Waals surface area contributed by atoms with E-state index in [0.717, 1.165) is 88.4 Å². The molecule has 11 aromatic rings. The topological polar surface area (TPSA) is 42.7 Å². The van der Waals surface area contributed by atoms with Gasteiger partial charge < -0.3 is 18.2 Å². The Morgan fingerprint density at radius 2 is 1.07 bits per heavy atom. The number of hydrogen-bond acceptors (Lipinski definition) is 4. The lowest BCUT2D eigenvalue weighted by Gasteiger charge is -2.28. The molecule has 0 saturated carbocycles. The van der Waals surface area contributed by atoms with Crippen LogP contribution < -0.4 is 4.90 Å². The highest BCUT2D eigenvalue weighted by Gasteiger charge is 2.36. The molecule has 0 fully saturated rings. The maximum atomic E-state index is 6.75. The number of furan rings is 3. The largest absolute Gasteiger partial charge is 0.456 e. The molecule has 0 saturated heterocycles. The Kier molecular flexibility index (Phi) is 6.09. The standard InChI is InChI=1S/C51H33NO3/c1-51(2)40-17-8-6-14-33(40)34-24-23-32(27-41(34)51)52(43-19-10-16-36-35-15-7-9-20-44(35)55-50(36)43)42-18-11-21-46-49(42)39-29-47-38(28-48(39)54-46)37-26-31(22-25-45(37)53-47)30-12-4-3-5-13-30/h3-29H,1-2H3. The zero-order valence-corrected chi connectivity index (χ0v) is 30.3. The van der Waals surface area contributed by atoms with E-state index in [0.29, 0.717) is 0 Å². The molecule has 1 aliphatic carbocycles. The first-order chi connectivity index (χ1) is 27.0. The molecule has 0 radical (unpaired) electrons. The Bertz CT molecular complexity index is 3360. The van der Waals surface area contributed by atoms with Crippen molar-refractivity contribution in [3.8, 4) is 22.3 Å². The van der Waals surface area contributed by atoms with Crippen LogP contribution >= 0.6 is 0 Å². The molecular formula is C51H33NO3. The van der Waals surface area contributed by atoms with E-state index in [2.05, 4.69) is 164 Å². The third kappa shape index (κ3) is 4.28. The second-order valence-corrected chi connectivity index (χ2v) is 15.3. The summed E-state index contributed by atoms with van der Waals surface area (Å²) in [5.41, 5.74) is 15.4. The zero-order valence-electron chi connectivity index (χ0n) is 30.3. The SMILES string of the molecule is CC1(C)c2ccccc2-c2ccc(N(c3cccc4c3oc3ccccc34)c3cccc4oc5cc6c(cc5c34)oc3ccc(-c4ccccc4)cc36)cc21. The number of benzene rings is 8. The third-order valence-electron chi connectivity index (χ3n) is 11.9. The predicted molar refractivity (Wildman–Crippen MR) is 226 cm³/mol. The molecule has 4 heteroatoms. The van der Waals surface area contributed by atoms with Crippen molar-refractivity contribution in [3.05, 3.63) is 175 Å². The molecule has 8 aromatic carbocycles. The van der Waals surface area contributed by atoms with Crippen molar-refractivity contribution in [3.63, 3.8) is 0 Å². The van der Waals surface area contributed by atoms with Crippen molar-refractivity contribution in [2.24, 2.45) is 0 Å². The molecule has 12 rings (SSSR count). The fourth-order valence-corrected chi connectivity index (χ4v) is 9.22. The van der Waals surface area contributed by atoms with Gasteiger partial charge in [0.25, 0.3) is 0 Å². The van der Waals surface area contributed by atoms with Crippen LogP contribution in [0.1, 0.15) is 25.0 Å². The second-order valence-electron chi connectivity index (χ2n) is 15.3. The van der Waals surface area contributed by atoms with Crippen LogP contribution in [0.5, 0.6) is 0 Å². The molecule has 0 atom stereocenters. The fraction of sp³-hybridized carbons (Fsp3) is 0.0588. The van der Waals surface area contributed by atoms with Crippen molar-refractivity contribution < 1.29 is 13.3 Å². The van der Waals surface area contributed by atoms with Gasteiger partial charge in [-0.2, -0.15) is 0 Å². The predicted octanol–water partition coefficient (Wildman–Crippen LogP) is 14.8. The maximum Gasteiger partial charge on any atom is 0.159 e. The minimum atomic E-state index is -0.166. The molecule has 3 heterocycles. The second kappa shape index (κ2) is 11.0. The van der Waals surface area contributed by atoms with E-state index in [1.165, 1.54) is 27.8 Å². The average Bonchev–Trinajstić information content (AvgIpc) is 3.96. The van der Waals surface area contributed by atoms with Gasteiger partial charge in [-0.1, -0.05) is 117 Å². The van der Waals surface area contributed by atoms with E-state index in [-0.39, 0.29) is 5.41 Å². The first kappa shape index (κ1) is 30.4. The molecule has 0 bridgehead atoms. The van der Waals surface area contributed by atoms with Gasteiger partial charge in [0, 0.05) is 38.0 Å². The summed E-state index contributed by atoms with van der Waals surface area (Å²) >= 11 is 0. The number of fused-ring (bicyclic) bond motifs is 12. The number of nitrogens with zero attached hydrogens (tertiary/aromatic N) is 1. The van der Waals surface area contributed by atoms with Crippen LogP contribution in [0.15, 0.2) is 177 Å². The minimum Gasteiger partial charge on any atom is -0.456 e. The minimum absolute atomic E-state index is 0.166. The van der Waals surface area contributed by atoms with Crippen molar-refractivity contribution in [1.82, 2.24) is 0 Å². The number of anilines is 3. The highest BCUT2D eigenvalue weighted by Crippen LogP contribution is 2.52. The van der Waals surface area contributed by atoms with Crippen molar-refractivity contribution in [2.75, 3.05) is 4.90 Å². The van der Waals surface area contributed by atoms with E-state index >= 15 is 0 Å². The summed E-state index contributed by atoms with van der Waals surface area (Å²) in [5, 5.41) is 6.29. The molecule has 0 spiro atoms. The number of para-hydroxylation sites is 2. The Labute approximate surface area is 316 Å². The van der Waals surface area contributed by atoms with Gasteiger partial charge >= 0.3 is 0 Å². The Morgan fingerprint density at radius 1 is 0.400 bits per heavy atom. The molecule has 0 aliphatic heterocycles. The third-order valence-corrected chi connectivity index (χ3v) is 11.9. The van der Waals surface area contributed by atoms with Gasteiger partial charge in [0.2, 0.25) is 0 Å². The van der Waals surface area contributed by atoms with Crippen LogP contribution in [-0.2, 0) is 5.41 Å². The molecule has 4 nitrogen and oxygen atoms in total. The zero-order chi connectivity index (χ0) is 36.4. The molecule has 0 unspecified atom stereocenters. The van der Waals surface area contributed by atoms with Gasteiger partial charge in [0.15, 0.2) is 5.58 Å². The Morgan fingerprint density at radius 3 is 2.00 bits per heavy atom. The van der Waals surface area contributed by atoms with E-state index in [9.17, 15) is 0 Å². The monoisotopic (exact) mass is 707 g/mol. The summed E-state index contributed by atoms with van der Waals surface area (Å²) in [5.74, 6) is 0. The molecular weight excluding hydrogens is 675 g/mol. The van der Waals surface area contributed by atoms with Crippen molar-refractivity contribution in [2.45, 2.75) is 19.3 Å². The van der Waals surface area contributed by atoms with E-state index in [4.69, 9.17) is 13.3 Å². The molecule has 0 N–H and O–H groups in total. The van der Waals surface area contributed by atoms with Gasteiger partial charge in [0.05, 0.1) is 16.8 Å². The summed E-state index contributed by atoms with van der Waals surface area (Å²) in [6, 6.07) is 58.0. The summed E-state index contributed by atoms with van der Waals surface area (Å²) < 4.78 is 20.0. The van der Waals surface area contributed by atoms with Crippen LogP contribution in [-0.4, -0.2) is 0 Å². The highest BCUT2D eigenvalue weighted by molar-refractivity contribution is 6.20. The average molecular weight is 708 g/mol. The Balaban J connectivity index is 1.12. The highest BCUT2D eigenvalue weighted by atomic mass is 16.3. The quantitative estimate of drug-likeness (QED) is 0.183. The molecule has 0 amide bonds. The first-order valence-electron chi connectivity index (χ1n) is 18.8. The van der Waals surface area contributed by atoms with Gasteiger partial charge in [-0.05, 0) is 94.0 Å². The summed E-state index contributed by atoms with van der Waals surface area (Å²) in [7, 11) is 0. The lowest BCUT2D eigenvalue weighted by Crippen LogP contribution is -2.16. The summed E-state index contributed by atoms with van der Waals surface area (Å²) in [6.45, 7) is 4.66. The maximum absolute atomic E-state index is 6.75. The molecule has 55 heavy (non-hydrogen) atoms. The van der Waals surface area contributed by atoms with Crippen LogP contribution in [0.25, 0.3) is 88.1 Å². The molecule has 3 aromatic heterocycles. The van der Waals surface area contributed by atoms with Gasteiger partial charge in [0.1, 0.15) is 27.9 Å². The van der Waals surface area contributed by atoms with Crippen LogP contribution in [0.3, 0.4) is 0 Å². The van der Waals surface area contributed by atoms with Gasteiger partial charge in [-0.3, -0.25) is 0 Å². The van der Waals surface area contributed by atoms with Gasteiger partial charge in [-0.15, -0.1) is 0 Å². The van der Waals surface area contributed by atoms with Crippen LogP contribution in [0, 0.1) is 0 Å². The molecule has 260 valence electrons. The normalized spacial score (nSPS) is 13.4. The number of rotatable bonds is 4. The van der Waals surface area contributed by atoms with Crippen LogP contribution in [0.4, 0.5) is 17.1 Å². The van der Waals surface area contributed by atoms with Crippen LogP contribution in [0.2, 0.25) is 0 Å². The molecule has 1 aliphatic rings. The van der Waals surface area contributed by atoms with E-state index in [1.807, 2.05) is 18.2 Å². The van der Waals surface area contributed by atoms with Gasteiger partial charge in [-0.25, -0.2) is 0 Å². The van der Waals surface area contributed by atoms with Crippen molar-refractivity contribution >= 4 is 82.9 Å². The first-order valence-corrected chi connectivity index (χ1v) is 18.8. The number of hydrogen-bond donors (Lipinski definition) is 0. The fourth-order valence-electron chi connectivity index (χ4n) is 9.22. The summed E-state index contributed by atoms with van der Waals surface area (Å²) in [4.78, 5) is 2.36. The smallest absolute Gasteiger partial charge is 0.159 e. The van der Waals surface area contributed by atoms with E-state index < -0.39 is 0 Å². The Hall–Kier alpha value is -7.04. The lowest BCUT2D eigenvalue weighted by molar-refractivity contribution is 0.660. The van der Waals surface area contributed by atoms with Crippen molar-refractivity contribution in [1.29, 1.82) is 0 Å². The lowest BCUT2D eigenvalue weighted by atomic mass is 9.82. The van der Waals surface area contributed by atoms with E-state index in [1.54, 1.807) is 0 Å². The summed E-state index contributed by atoms with van der Waals surface area (Å²) in [6.07, 6.45) is 0.